The molecule has 1 fully saturated rings. The molecule has 1 N–H and O–H groups in total. The summed E-state index contributed by atoms with van der Waals surface area (Å²) in [5, 5.41) is 2.90. The SMILES string of the molecule is CC(C)COc1ccc(CNC(=O)N(Cc2ccc(Cl)cc2C(F)(F)F)C2CCN(C)CC2)cc1. The zero-order valence-electron chi connectivity index (χ0n) is 20.4. The lowest BCUT2D eigenvalue weighted by molar-refractivity contribution is -0.138. The molecule has 0 aromatic heterocycles. The van der Waals surface area contributed by atoms with E-state index in [-0.39, 0.29) is 35.7 Å². The highest BCUT2D eigenvalue weighted by Gasteiger charge is 2.35. The number of hydrogen-bond acceptors (Lipinski definition) is 3. The summed E-state index contributed by atoms with van der Waals surface area (Å²) < 4.78 is 46.7. The molecular formula is C26H33ClF3N3O2. The molecule has 3 rings (SSSR count). The van der Waals surface area contributed by atoms with Gasteiger partial charge in [0.2, 0.25) is 0 Å². The van der Waals surface area contributed by atoms with Crippen molar-refractivity contribution in [3.8, 4) is 5.75 Å². The molecule has 1 aliphatic rings. The molecule has 0 bridgehead atoms. The van der Waals surface area contributed by atoms with Crippen LogP contribution in [0.5, 0.6) is 5.75 Å². The summed E-state index contributed by atoms with van der Waals surface area (Å²) in [6.07, 6.45) is -3.17. The number of urea groups is 1. The first-order valence-corrected chi connectivity index (χ1v) is 12.2. The molecule has 9 heteroatoms. The van der Waals surface area contributed by atoms with Gasteiger partial charge in [-0.05, 0) is 74.3 Å². The Morgan fingerprint density at radius 2 is 1.83 bits per heavy atom. The number of halogens is 4. The quantitative estimate of drug-likeness (QED) is 0.459. The lowest BCUT2D eigenvalue weighted by Crippen LogP contribution is -2.49. The van der Waals surface area contributed by atoms with E-state index in [0.717, 1.165) is 30.5 Å². The highest BCUT2D eigenvalue weighted by atomic mass is 35.5. The normalized spacial score (nSPS) is 15.3. The molecule has 2 aromatic rings. The number of alkyl halides is 3. The summed E-state index contributed by atoms with van der Waals surface area (Å²) in [6.45, 7) is 6.43. The maximum atomic E-state index is 13.7. The number of carbonyl (C=O) groups excluding carboxylic acids is 1. The maximum absolute atomic E-state index is 13.7. The van der Waals surface area contributed by atoms with Crippen LogP contribution in [0.2, 0.25) is 5.02 Å². The van der Waals surface area contributed by atoms with Crippen LogP contribution in [0, 0.1) is 5.92 Å². The van der Waals surface area contributed by atoms with Crippen LogP contribution in [0.15, 0.2) is 42.5 Å². The average molecular weight is 512 g/mol. The van der Waals surface area contributed by atoms with E-state index in [1.807, 2.05) is 31.3 Å². The number of ether oxygens (including phenoxy) is 1. The van der Waals surface area contributed by atoms with Crippen LogP contribution in [0.3, 0.4) is 0 Å². The summed E-state index contributed by atoms with van der Waals surface area (Å²) in [5.41, 5.74) is 0.0939. The Kier molecular flexibility index (Phi) is 9.30. The molecule has 1 aliphatic heterocycles. The zero-order valence-corrected chi connectivity index (χ0v) is 21.1. The number of carbonyl (C=O) groups is 1. The van der Waals surface area contributed by atoms with Crippen molar-refractivity contribution in [2.75, 3.05) is 26.7 Å². The van der Waals surface area contributed by atoms with Gasteiger partial charge >= 0.3 is 12.2 Å². The van der Waals surface area contributed by atoms with Crippen molar-refractivity contribution < 1.29 is 22.7 Å². The second-order valence-corrected chi connectivity index (χ2v) is 9.91. The fraction of sp³-hybridized carbons (Fsp3) is 0.500. The van der Waals surface area contributed by atoms with Gasteiger partial charge in [-0.25, -0.2) is 4.79 Å². The van der Waals surface area contributed by atoms with Crippen LogP contribution in [-0.4, -0.2) is 48.6 Å². The zero-order chi connectivity index (χ0) is 25.6. The molecule has 0 aliphatic carbocycles. The Balaban J connectivity index is 1.73. The van der Waals surface area contributed by atoms with Gasteiger partial charge in [0.1, 0.15) is 5.75 Å². The van der Waals surface area contributed by atoms with Gasteiger partial charge < -0.3 is 19.9 Å². The van der Waals surface area contributed by atoms with E-state index < -0.39 is 11.7 Å². The first-order valence-electron chi connectivity index (χ1n) is 11.8. The van der Waals surface area contributed by atoms with Gasteiger partial charge in [0.25, 0.3) is 0 Å². The molecular weight excluding hydrogens is 479 g/mol. The van der Waals surface area contributed by atoms with E-state index in [2.05, 4.69) is 24.1 Å². The maximum Gasteiger partial charge on any atom is 0.416 e. The third-order valence-corrected chi connectivity index (χ3v) is 6.29. The molecule has 35 heavy (non-hydrogen) atoms. The lowest BCUT2D eigenvalue weighted by atomic mass is 10.0. The number of likely N-dealkylation sites (tertiary alicyclic amines) is 1. The fourth-order valence-electron chi connectivity index (χ4n) is 4.05. The smallest absolute Gasteiger partial charge is 0.416 e. The third-order valence-electron chi connectivity index (χ3n) is 6.06. The summed E-state index contributed by atoms with van der Waals surface area (Å²) in [6, 6.07) is 10.6. The van der Waals surface area contributed by atoms with Crippen molar-refractivity contribution in [3.05, 3.63) is 64.2 Å². The number of benzene rings is 2. The van der Waals surface area contributed by atoms with Crippen LogP contribution < -0.4 is 10.1 Å². The molecule has 0 saturated carbocycles. The van der Waals surface area contributed by atoms with E-state index in [1.165, 1.54) is 17.0 Å². The predicted molar refractivity (Wildman–Crippen MR) is 132 cm³/mol. The third kappa shape index (κ3) is 8.04. The van der Waals surface area contributed by atoms with Gasteiger partial charge in [0, 0.05) is 24.2 Å². The summed E-state index contributed by atoms with van der Waals surface area (Å²) in [5.74, 6) is 1.17. The van der Waals surface area contributed by atoms with Crippen LogP contribution in [0.4, 0.5) is 18.0 Å². The number of piperidine rings is 1. The van der Waals surface area contributed by atoms with Crippen LogP contribution in [0.1, 0.15) is 43.4 Å². The second-order valence-electron chi connectivity index (χ2n) is 9.47. The first kappa shape index (κ1) is 27.1. The molecule has 192 valence electrons. The largest absolute Gasteiger partial charge is 0.493 e. The van der Waals surface area contributed by atoms with Gasteiger partial charge in [-0.1, -0.05) is 43.6 Å². The number of nitrogens with one attached hydrogen (secondary N) is 1. The van der Waals surface area contributed by atoms with E-state index in [4.69, 9.17) is 16.3 Å². The van der Waals surface area contributed by atoms with E-state index in [1.54, 1.807) is 0 Å². The van der Waals surface area contributed by atoms with Gasteiger partial charge in [-0.15, -0.1) is 0 Å². The molecule has 0 radical (unpaired) electrons. The highest BCUT2D eigenvalue weighted by molar-refractivity contribution is 6.30. The Hall–Kier alpha value is -2.45. The van der Waals surface area contributed by atoms with Gasteiger partial charge in [0.05, 0.1) is 12.2 Å². The molecule has 5 nitrogen and oxygen atoms in total. The van der Waals surface area contributed by atoms with E-state index in [0.29, 0.717) is 25.4 Å². The summed E-state index contributed by atoms with van der Waals surface area (Å²) >= 11 is 5.84. The van der Waals surface area contributed by atoms with Crippen molar-refractivity contribution >= 4 is 17.6 Å². The van der Waals surface area contributed by atoms with Gasteiger partial charge in [-0.3, -0.25) is 0 Å². The number of amides is 2. The average Bonchev–Trinajstić information content (AvgIpc) is 2.81. The van der Waals surface area contributed by atoms with E-state index in [9.17, 15) is 18.0 Å². The van der Waals surface area contributed by atoms with Crippen molar-refractivity contribution in [3.63, 3.8) is 0 Å². The summed E-state index contributed by atoms with van der Waals surface area (Å²) in [4.78, 5) is 16.9. The van der Waals surface area contributed by atoms with Gasteiger partial charge in [0.15, 0.2) is 0 Å². The predicted octanol–water partition coefficient (Wildman–Crippen LogP) is 6.20. The first-order chi connectivity index (χ1) is 16.5. The second kappa shape index (κ2) is 12.0. The minimum Gasteiger partial charge on any atom is -0.493 e. The van der Waals surface area contributed by atoms with Crippen LogP contribution >= 0.6 is 11.6 Å². The van der Waals surface area contributed by atoms with Crippen LogP contribution in [-0.2, 0) is 19.3 Å². The van der Waals surface area contributed by atoms with E-state index >= 15 is 0 Å². The summed E-state index contributed by atoms with van der Waals surface area (Å²) in [7, 11) is 2.00. The standard InChI is InChI=1S/C26H33ClF3N3O2/c1-18(2)17-35-23-8-4-19(5-9-23)15-31-25(34)33(22-10-12-32(3)13-11-22)16-20-6-7-21(27)14-24(20)26(28,29)30/h4-9,14,18,22H,10-13,15-17H2,1-3H3,(H,31,34). The molecule has 0 unspecified atom stereocenters. The minimum atomic E-state index is -4.56. The van der Waals surface area contributed by atoms with Crippen molar-refractivity contribution in [2.24, 2.45) is 5.92 Å². The topological polar surface area (TPSA) is 44.8 Å². The van der Waals surface area contributed by atoms with Crippen molar-refractivity contribution in [1.29, 1.82) is 0 Å². The molecule has 0 atom stereocenters. The van der Waals surface area contributed by atoms with Crippen LogP contribution in [0.25, 0.3) is 0 Å². The van der Waals surface area contributed by atoms with Crippen molar-refractivity contribution in [1.82, 2.24) is 15.1 Å². The number of rotatable bonds is 8. The molecule has 0 spiro atoms. The number of hydrogen-bond donors (Lipinski definition) is 1. The highest BCUT2D eigenvalue weighted by Crippen LogP contribution is 2.35. The molecule has 2 amide bonds. The fourth-order valence-corrected chi connectivity index (χ4v) is 4.23. The number of nitrogens with zero attached hydrogens (tertiary/aromatic N) is 2. The van der Waals surface area contributed by atoms with Crippen molar-refractivity contribution in [2.45, 2.75) is 52.0 Å². The Morgan fingerprint density at radius 1 is 1.17 bits per heavy atom. The Bertz CT molecular complexity index is 975. The van der Waals surface area contributed by atoms with Gasteiger partial charge in [-0.2, -0.15) is 13.2 Å². The Morgan fingerprint density at radius 3 is 2.43 bits per heavy atom. The monoisotopic (exact) mass is 511 g/mol. The molecule has 1 heterocycles. The lowest BCUT2D eigenvalue weighted by Gasteiger charge is -2.37. The molecule has 1 saturated heterocycles. The Labute approximate surface area is 210 Å². The minimum absolute atomic E-state index is 0.0113. The molecule has 2 aromatic carbocycles.